The molecule has 3 fully saturated rings. The molecule has 2 N–H and O–H groups in total. The first-order chi connectivity index (χ1) is 19.6. The van der Waals surface area contributed by atoms with Gasteiger partial charge in [-0.1, -0.05) is 12.1 Å². The third-order valence-electron chi connectivity index (χ3n) is 9.39. The Labute approximate surface area is 234 Å². The van der Waals surface area contributed by atoms with Crippen LogP contribution in [0.3, 0.4) is 0 Å². The zero-order valence-electron chi connectivity index (χ0n) is 22.4. The largest absolute Gasteiger partial charge is 0.416 e. The number of hydrogen-bond donors (Lipinski definition) is 2. The molecule has 11 heteroatoms. The average molecular weight is 574 g/mol. The first-order valence-corrected chi connectivity index (χ1v) is 14.1. The molecule has 41 heavy (non-hydrogen) atoms. The summed E-state index contributed by atoms with van der Waals surface area (Å²) in [6.07, 6.45) is 1.59. The Morgan fingerprint density at radius 2 is 1.80 bits per heavy atom. The van der Waals surface area contributed by atoms with Crippen molar-refractivity contribution in [3.05, 3.63) is 82.9 Å². The van der Waals surface area contributed by atoms with Crippen LogP contribution >= 0.6 is 0 Å². The van der Waals surface area contributed by atoms with Crippen LogP contribution in [0.2, 0.25) is 0 Å². The Morgan fingerprint density at radius 3 is 2.49 bits per heavy atom. The van der Waals surface area contributed by atoms with E-state index in [1.165, 1.54) is 18.5 Å². The van der Waals surface area contributed by atoms with Crippen LogP contribution in [-0.2, 0) is 17.5 Å². The summed E-state index contributed by atoms with van der Waals surface area (Å²) in [5, 5.41) is 9.74. The molecular weight excluding hydrogens is 541 g/mol. The van der Waals surface area contributed by atoms with Gasteiger partial charge in [0.1, 0.15) is 23.8 Å². The van der Waals surface area contributed by atoms with Crippen molar-refractivity contribution in [3.8, 4) is 0 Å². The molecule has 218 valence electrons. The maximum Gasteiger partial charge on any atom is 0.416 e. The van der Waals surface area contributed by atoms with Crippen LogP contribution in [0.4, 0.5) is 22.0 Å². The second-order valence-electron chi connectivity index (χ2n) is 11.8. The summed E-state index contributed by atoms with van der Waals surface area (Å²) in [6.45, 7) is 1.57. The van der Waals surface area contributed by atoms with Gasteiger partial charge in [0, 0.05) is 18.5 Å². The molecule has 1 saturated heterocycles. The minimum Gasteiger partial charge on any atom is -0.352 e. The van der Waals surface area contributed by atoms with Crippen molar-refractivity contribution in [1.29, 1.82) is 0 Å². The Hall–Kier alpha value is -3.34. The summed E-state index contributed by atoms with van der Waals surface area (Å²) in [4.78, 5) is 20.6. The first-order valence-electron chi connectivity index (χ1n) is 14.1. The topological polar surface area (TPSA) is 73.9 Å². The number of alkyl halides is 3. The van der Waals surface area contributed by atoms with Crippen molar-refractivity contribution in [1.82, 2.24) is 25.4 Å². The predicted molar refractivity (Wildman–Crippen MR) is 140 cm³/mol. The van der Waals surface area contributed by atoms with Gasteiger partial charge >= 0.3 is 6.18 Å². The maximum atomic E-state index is 14.0. The lowest BCUT2D eigenvalue weighted by atomic mass is 9.78. The smallest absolute Gasteiger partial charge is 0.352 e. The molecule has 2 saturated carbocycles. The van der Waals surface area contributed by atoms with Gasteiger partial charge in [0.05, 0.1) is 11.0 Å². The van der Waals surface area contributed by atoms with Crippen LogP contribution in [0, 0.1) is 23.0 Å². The number of carbonyl (C=O) groups excluding carboxylic acids is 1. The minimum absolute atomic E-state index is 0.0375. The van der Waals surface area contributed by atoms with E-state index < -0.39 is 23.0 Å². The molecule has 1 amide bonds. The average Bonchev–Trinajstić information content (AvgIpc) is 3.35. The number of rotatable bonds is 7. The van der Waals surface area contributed by atoms with Gasteiger partial charge in [0.2, 0.25) is 5.91 Å². The van der Waals surface area contributed by atoms with Gasteiger partial charge in [0.15, 0.2) is 0 Å². The number of amides is 1. The number of hydrogen-bond acceptors (Lipinski definition) is 4. The summed E-state index contributed by atoms with van der Waals surface area (Å²) >= 11 is 0. The Morgan fingerprint density at radius 1 is 1.05 bits per heavy atom. The quantitative estimate of drug-likeness (QED) is 0.343. The summed E-state index contributed by atoms with van der Waals surface area (Å²) in [5.74, 6) is -0.220. The van der Waals surface area contributed by atoms with Crippen molar-refractivity contribution in [2.75, 3.05) is 13.1 Å². The number of halogens is 5. The second-order valence-corrected chi connectivity index (χ2v) is 11.8. The SMILES string of the molecule is O=C(NCc1cc(F)cc(C(F)(F)F)c1)C1(C2CC2c2ncn[nH]2)CCC(N2CCC(c3ccc(F)cc3)CC2)C1. The van der Waals surface area contributed by atoms with Crippen LogP contribution in [0.25, 0.3) is 0 Å². The highest BCUT2D eigenvalue weighted by atomic mass is 19.4. The van der Waals surface area contributed by atoms with Gasteiger partial charge in [-0.15, -0.1) is 0 Å². The highest BCUT2D eigenvalue weighted by Crippen LogP contribution is 2.62. The molecule has 4 atom stereocenters. The summed E-state index contributed by atoms with van der Waals surface area (Å²) < 4.78 is 67.0. The molecule has 3 aromatic rings. The summed E-state index contributed by atoms with van der Waals surface area (Å²) in [5.41, 5.74) is -0.559. The third-order valence-corrected chi connectivity index (χ3v) is 9.39. The number of likely N-dealkylation sites (tertiary alicyclic amines) is 1. The normalized spacial score (nSPS) is 27.2. The van der Waals surface area contributed by atoms with Crippen molar-refractivity contribution in [2.24, 2.45) is 11.3 Å². The van der Waals surface area contributed by atoms with E-state index >= 15 is 0 Å². The van der Waals surface area contributed by atoms with Gasteiger partial charge in [0.25, 0.3) is 0 Å². The van der Waals surface area contributed by atoms with Gasteiger partial charge in [-0.05, 0) is 105 Å². The van der Waals surface area contributed by atoms with Crippen LogP contribution < -0.4 is 5.32 Å². The van der Waals surface area contributed by atoms with Crippen LogP contribution in [0.1, 0.15) is 72.9 Å². The lowest BCUT2D eigenvalue weighted by Gasteiger charge is -2.37. The zero-order chi connectivity index (χ0) is 28.8. The Bertz CT molecular complexity index is 1370. The molecule has 1 aliphatic heterocycles. The molecule has 6 rings (SSSR count). The fourth-order valence-corrected chi connectivity index (χ4v) is 7.18. The Kier molecular flexibility index (Phi) is 7.33. The van der Waals surface area contributed by atoms with Crippen LogP contribution in [0.5, 0.6) is 0 Å². The van der Waals surface area contributed by atoms with Crippen LogP contribution in [-0.4, -0.2) is 45.1 Å². The van der Waals surface area contributed by atoms with Crippen molar-refractivity contribution < 1.29 is 26.7 Å². The first kappa shape index (κ1) is 27.8. The van der Waals surface area contributed by atoms with Gasteiger partial charge in [-0.25, -0.2) is 13.8 Å². The number of aromatic nitrogens is 3. The number of carbonyl (C=O) groups is 1. The van der Waals surface area contributed by atoms with E-state index in [2.05, 4.69) is 25.4 Å². The molecule has 2 aromatic carbocycles. The van der Waals surface area contributed by atoms with E-state index in [1.54, 1.807) is 0 Å². The highest BCUT2D eigenvalue weighted by Gasteiger charge is 2.61. The molecule has 0 bridgehead atoms. The number of benzene rings is 2. The maximum absolute atomic E-state index is 14.0. The molecule has 0 spiro atoms. The molecule has 6 nitrogen and oxygen atoms in total. The molecule has 2 aliphatic carbocycles. The standard InChI is InChI=1S/C30H32F5N5O/c31-22-3-1-19(2-4-22)20-6-9-40(10-7-20)24-5-8-29(15-24,26-14-25(26)27-37-17-38-39-27)28(41)36-16-18-11-21(30(33,34)35)13-23(32)12-18/h1-4,11-13,17,20,24-26H,5-10,14-16H2,(H,36,41)(H,37,38,39). The lowest BCUT2D eigenvalue weighted by Crippen LogP contribution is -2.44. The predicted octanol–water partition coefficient (Wildman–Crippen LogP) is 5.94. The number of aromatic amines is 1. The van der Waals surface area contributed by atoms with E-state index in [-0.39, 0.29) is 41.7 Å². The lowest BCUT2D eigenvalue weighted by molar-refractivity contribution is -0.137. The molecule has 2 heterocycles. The van der Waals surface area contributed by atoms with Crippen molar-refractivity contribution in [2.45, 2.75) is 69.1 Å². The molecule has 1 aromatic heterocycles. The number of nitrogens with one attached hydrogen (secondary N) is 2. The highest BCUT2D eigenvalue weighted by molar-refractivity contribution is 5.84. The summed E-state index contributed by atoms with van der Waals surface area (Å²) in [6, 6.07) is 9.28. The van der Waals surface area contributed by atoms with Crippen molar-refractivity contribution in [3.63, 3.8) is 0 Å². The molecule has 0 radical (unpaired) electrons. The monoisotopic (exact) mass is 573 g/mol. The van der Waals surface area contributed by atoms with E-state index in [0.717, 1.165) is 62.3 Å². The fraction of sp³-hybridized carbons (Fsp3) is 0.500. The zero-order valence-corrected chi connectivity index (χ0v) is 22.4. The molecule has 3 aliphatic rings. The number of piperidine rings is 1. The third kappa shape index (κ3) is 5.73. The van der Waals surface area contributed by atoms with E-state index in [0.29, 0.717) is 24.8 Å². The van der Waals surface area contributed by atoms with Crippen molar-refractivity contribution >= 4 is 5.91 Å². The summed E-state index contributed by atoms with van der Waals surface area (Å²) in [7, 11) is 0. The van der Waals surface area contributed by atoms with Crippen LogP contribution in [0.15, 0.2) is 48.8 Å². The Balaban J connectivity index is 1.15. The molecular formula is C30H32F5N5O. The van der Waals surface area contributed by atoms with Gasteiger partial charge in [-0.2, -0.15) is 18.3 Å². The van der Waals surface area contributed by atoms with Gasteiger partial charge in [-0.3, -0.25) is 9.89 Å². The number of nitrogens with zero attached hydrogens (tertiary/aromatic N) is 3. The molecule has 4 unspecified atom stereocenters. The number of H-pyrrole nitrogens is 1. The second kappa shape index (κ2) is 10.8. The van der Waals surface area contributed by atoms with E-state index in [9.17, 15) is 26.7 Å². The minimum atomic E-state index is -4.68. The fourth-order valence-electron chi connectivity index (χ4n) is 7.18. The van der Waals surface area contributed by atoms with Gasteiger partial charge < -0.3 is 10.2 Å². The van der Waals surface area contributed by atoms with E-state index in [1.807, 2.05) is 12.1 Å². The van der Waals surface area contributed by atoms with E-state index in [4.69, 9.17) is 0 Å².